The average molecular weight is 230 g/mol. The molecular formula is C15H18O2. The van der Waals surface area contributed by atoms with Gasteiger partial charge in [-0.15, -0.1) is 0 Å². The molecule has 0 saturated heterocycles. The minimum atomic E-state index is -0.386. The molecule has 17 heavy (non-hydrogen) atoms. The van der Waals surface area contributed by atoms with Crippen molar-refractivity contribution in [3.05, 3.63) is 59.0 Å². The van der Waals surface area contributed by atoms with Gasteiger partial charge in [-0.3, -0.25) is 0 Å². The number of hydrogen-bond donors (Lipinski definition) is 1. The molecule has 0 aliphatic rings. The van der Waals surface area contributed by atoms with Crippen molar-refractivity contribution < 1.29 is 9.52 Å². The molecule has 0 saturated carbocycles. The predicted octanol–water partition coefficient (Wildman–Crippen LogP) is 3.04. The summed E-state index contributed by atoms with van der Waals surface area (Å²) in [5.41, 5.74) is 3.73. The summed E-state index contributed by atoms with van der Waals surface area (Å²) < 4.78 is 5.22. The van der Waals surface area contributed by atoms with Gasteiger partial charge in [0, 0.05) is 6.42 Å². The molecule has 0 spiro atoms. The molecule has 2 aromatic rings. The fraction of sp³-hybridized carbons (Fsp3) is 0.333. The Morgan fingerprint density at radius 1 is 1.12 bits per heavy atom. The Balaban J connectivity index is 1.98. The van der Waals surface area contributed by atoms with Crippen molar-refractivity contribution in [3.63, 3.8) is 0 Å². The molecule has 1 aromatic carbocycles. The lowest BCUT2D eigenvalue weighted by Gasteiger charge is -2.10. The maximum Gasteiger partial charge on any atom is 0.106 e. The van der Waals surface area contributed by atoms with Crippen LogP contribution in [-0.2, 0) is 12.8 Å². The smallest absolute Gasteiger partial charge is 0.106 e. The number of furan rings is 1. The summed E-state index contributed by atoms with van der Waals surface area (Å²) >= 11 is 0. The lowest BCUT2D eigenvalue weighted by molar-refractivity contribution is 0.168. The monoisotopic (exact) mass is 230 g/mol. The number of aryl methyl sites for hydroxylation is 2. The van der Waals surface area contributed by atoms with Crippen LogP contribution in [0.1, 0.15) is 22.5 Å². The van der Waals surface area contributed by atoms with Crippen molar-refractivity contribution in [1.29, 1.82) is 0 Å². The highest BCUT2D eigenvalue weighted by Crippen LogP contribution is 2.13. The van der Waals surface area contributed by atoms with E-state index < -0.39 is 0 Å². The standard InChI is InChI=1S/C15H18O2/c1-11-5-6-13(8-12(11)2)9-14(16)10-15-4-3-7-17-15/h3-8,14,16H,9-10H2,1-2H3. The van der Waals surface area contributed by atoms with Crippen LogP contribution >= 0.6 is 0 Å². The molecule has 2 heteroatoms. The van der Waals surface area contributed by atoms with E-state index in [1.807, 2.05) is 12.1 Å². The van der Waals surface area contributed by atoms with Gasteiger partial charge in [-0.05, 0) is 49.1 Å². The van der Waals surface area contributed by atoms with Crippen molar-refractivity contribution in [2.45, 2.75) is 32.8 Å². The Hall–Kier alpha value is -1.54. The molecule has 90 valence electrons. The van der Waals surface area contributed by atoms with Crippen molar-refractivity contribution in [2.75, 3.05) is 0 Å². The maximum atomic E-state index is 9.97. The second kappa shape index (κ2) is 5.19. The van der Waals surface area contributed by atoms with E-state index in [1.165, 1.54) is 16.7 Å². The minimum absolute atomic E-state index is 0.386. The first-order valence-corrected chi connectivity index (χ1v) is 5.92. The summed E-state index contributed by atoms with van der Waals surface area (Å²) in [6, 6.07) is 10.1. The zero-order valence-corrected chi connectivity index (χ0v) is 10.3. The molecule has 1 heterocycles. The molecule has 1 aromatic heterocycles. The summed E-state index contributed by atoms with van der Waals surface area (Å²) in [6.45, 7) is 4.19. The molecular weight excluding hydrogens is 212 g/mol. The summed E-state index contributed by atoms with van der Waals surface area (Å²) in [6.07, 6.45) is 2.49. The third kappa shape index (κ3) is 3.21. The first kappa shape index (κ1) is 11.9. The van der Waals surface area contributed by atoms with Gasteiger partial charge in [-0.25, -0.2) is 0 Å². The Morgan fingerprint density at radius 2 is 1.94 bits per heavy atom. The van der Waals surface area contributed by atoms with Gasteiger partial charge in [0.25, 0.3) is 0 Å². The highest BCUT2D eigenvalue weighted by Gasteiger charge is 2.09. The number of rotatable bonds is 4. The van der Waals surface area contributed by atoms with E-state index in [2.05, 4.69) is 32.0 Å². The van der Waals surface area contributed by atoms with E-state index in [-0.39, 0.29) is 6.10 Å². The van der Waals surface area contributed by atoms with Crippen LogP contribution in [0.5, 0.6) is 0 Å². The van der Waals surface area contributed by atoms with Gasteiger partial charge in [0.15, 0.2) is 0 Å². The van der Waals surface area contributed by atoms with E-state index >= 15 is 0 Å². The van der Waals surface area contributed by atoms with Crippen LogP contribution in [0.2, 0.25) is 0 Å². The van der Waals surface area contributed by atoms with Crippen LogP contribution in [-0.4, -0.2) is 11.2 Å². The van der Waals surface area contributed by atoms with Gasteiger partial charge in [0.2, 0.25) is 0 Å². The molecule has 0 aliphatic carbocycles. The van der Waals surface area contributed by atoms with E-state index in [0.29, 0.717) is 12.8 Å². The maximum absolute atomic E-state index is 9.97. The molecule has 1 atom stereocenters. The Labute approximate surface area is 102 Å². The quantitative estimate of drug-likeness (QED) is 0.875. The zero-order valence-electron chi connectivity index (χ0n) is 10.3. The summed E-state index contributed by atoms with van der Waals surface area (Å²) in [7, 11) is 0. The van der Waals surface area contributed by atoms with Crippen molar-refractivity contribution in [3.8, 4) is 0 Å². The second-order valence-corrected chi connectivity index (χ2v) is 4.56. The Morgan fingerprint density at radius 3 is 2.59 bits per heavy atom. The first-order chi connectivity index (χ1) is 8.15. The van der Waals surface area contributed by atoms with E-state index in [4.69, 9.17) is 4.42 Å². The van der Waals surface area contributed by atoms with E-state index in [0.717, 1.165) is 5.76 Å². The fourth-order valence-corrected chi connectivity index (χ4v) is 1.94. The summed E-state index contributed by atoms with van der Waals surface area (Å²) in [4.78, 5) is 0. The van der Waals surface area contributed by atoms with Crippen LogP contribution in [0, 0.1) is 13.8 Å². The number of aliphatic hydroxyl groups excluding tert-OH is 1. The van der Waals surface area contributed by atoms with Crippen LogP contribution in [0.15, 0.2) is 41.0 Å². The highest BCUT2D eigenvalue weighted by atomic mass is 16.3. The molecule has 1 unspecified atom stereocenters. The first-order valence-electron chi connectivity index (χ1n) is 5.92. The van der Waals surface area contributed by atoms with Crippen LogP contribution < -0.4 is 0 Å². The zero-order chi connectivity index (χ0) is 12.3. The average Bonchev–Trinajstić information content (AvgIpc) is 2.76. The number of benzene rings is 1. The predicted molar refractivity (Wildman–Crippen MR) is 68.0 cm³/mol. The van der Waals surface area contributed by atoms with Crippen molar-refractivity contribution >= 4 is 0 Å². The van der Waals surface area contributed by atoms with Crippen LogP contribution in [0.25, 0.3) is 0 Å². The molecule has 0 amide bonds. The van der Waals surface area contributed by atoms with E-state index in [9.17, 15) is 5.11 Å². The Bertz CT molecular complexity index is 472. The fourth-order valence-electron chi connectivity index (χ4n) is 1.94. The molecule has 0 fully saturated rings. The van der Waals surface area contributed by atoms with Gasteiger partial charge >= 0.3 is 0 Å². The topological polar surface area (TPSA) is 33.4 Å². The molecule has 0 bridgehead atoms. The van der Waals surface area contributed by atoms with Gasteiger partial charge in [0.05, 0.1) is 12.4 Å². The third-order valence-corrected chi connectivity index (χ3v) is 3.06. The molecule has 2 rings (SSSR count). The van der Waals surface area contributed by atoms with Gasteiger partial charge in [0.1, 0.15) is 5.76 Å². The van der Waals surface area contributed by atoms with Gasteiger partial charge in [-0.2, -0.15) is 0 Å². The summed E-state index contributed by atoms with van der Waals surface area (Å²) in [5, 5.41) is 9.97. The largest absolute Gasteiger partial charge is 0.469 e. The van der Waals surface area contributed by atoms with E-state index in [1.54, 1.807) is 6.26 Å². The summed E-state index contributed by atoms with van der Waals surface area (Å²) in [5.74, 6) is 0.835. The highest BCUT2D eigenvalue weighted by molar-refractivity contribution is 5.30. The molecule has 1 N–H and O–H groups in total. The third-order valence-electron chi connectivity index (χ3n) is 3.06. The second-order valence-electron chi connectivity index (χ2n) is 4.56. The molecule has 0 radical (unpaired) electrons. The van der Waals surface area contributed by atoms with Crippen LogP contribution in [0.3, 0.4) is 0 Å². The van der Waals surface area contributed by atoms with Crippen molar-refractivity contribution in [2.24, 2.45) is 0 Å². The Kier molecular flexibility index (Phi) is 3.64. The number of hydrogen-bond acceptors (Lipinski definition) is 2. The molecule has 0 aliphatic heterocycles. The van der Waals surface area contributed by atoms with Gasteiger partial charge in [-0.1, -0.05) is 18.2 Å². The SMILES string of the molecule is Cc1ccc(CC(O)Cc2ccco2)cc1C. The lowest BCUT2D eigenvalue weighted by Crippen LogP contribution is -2.13. The molecule has 2 nitrogen and oxygen atoms in total. The number of aliphatic hydroxyl groups is 1. The normalized spacial score (nSPS) is 12.6. The minimum Gasteiger partial charge on any atom is -0.469 e. The lowest BCUT2D eigenvalue weighted by atomic mass is 10.0. The van der Waals surface area contributed by atoms with Gasteiger partial charge < -0.3 is 9.52 Å². The van der Waals surface area contributed by atoms with Crippen LogP contribution in [0.4, 0.5) is 0 Å². The van der Waals surface area contributed by atoms with Crippen molar-refractivity contribution in [1.82, 2.24) is 0 Å².